The summed E-state index contributed by atoms with van der Waals surface area (Å²) in [5.41, 5.74) is -2.17. The van der Waals surface area contributed by atoms with E-state index in [0.717, 1.165) is 0 Å². The highest BCUT2D eigenvalue weighted by atomic mass is 35.5. The molecule has 1 aliphatic rings. The maximum atomic E-state index is 11.8. The zero-order chi connectivity index (χ0) is 15.1. The highest BCUT2D eigenvalue weighted by Crippen LogP contribution is 2.53. The summed E-state index contributed by atoms with van der Waals surface area (Å²) in [6.45, 7) is 3.39. The van der Waals surface area contributed by atoms with Gasteiger partial charge in [0.05, 0.1) is 0 Å². The maximum absolute atomic E-state index is 11.8. The van der Waals surface area contributed by atoms with Crippen molar-refractivity contribution in [3.8, 4) is 0 Å². The second-order valence-electron chi connectivity index (χ2n) is 5.53. The first kappa shape index (κ1) is 14.8. The minimum atomic E-state index is -1.69. The summed E-state index contributed by atoms with van der Waals surface area (Å²) >= 11 is 5.81. The van der Waals surface area contributed by atoms with Gasteiger partial charge in [0.1, 0.15) is 0 Å². The molecule has 2 N–H and O–H groups in total. The number of halogens is 1. The van der Waals surface area contributed by atoms with Gasteiger partial charge in [-0.2, -0.15) is 0 Å². The van der Waals surface area contributed by atoms with Crippen molar-refractivity contribution in [1.82, 2.24) is 0 Å². The largest absolute Gasteiger partial charge is 0.479 e. The smallest absolute Gasteiger partial charge is 0.341 e. The number of carbonyl (C=O) groups is 2. The van der Waals surface area contributed by atoms with E-state index in [1.807, 2.05) is 0 Å². The average Bonchev–Trinajstić information content (AvgIpc) is 2.63. The normalized spacial score (nSPS) is 28.2. The van der Waals surface area contributed by atoms with E-state index in [1.165, 1.54) is 0 Å². The van der Waals surface area contributed by atoms with Gasteiger partial charge in [0.25, 0.3) is 0 Å². The Hall–Kier alpha value is -1.59. The molecule has 0 aliphatic carbocycles. The van der Waals surface area contributed by atoms with Crippen LogP contribution in [0.2, 0.25) is 5.02 Å². The van der Waals surface area contributed by atoms with Crippen LogP contribution >= 0.6 is 11.6 Å². The Balaban J connectivity index is 2.58. The average molecular weight is 299 g/mol. The molecule has 20 heavy (non-hydrogen) atoms. The highest BCUT2D eigenvalue weighted by Gasteiger charge is 2.62. The van der Waals surface area contributed by atoms with Gasteiger partial charge in [-0.25, -0.2) is 9.59 Å². The molecule has 1 saturated heterocycles. The van der Waals surface area contributed by atoms with Gasteiger partial charge in [0, 0.05) is 10.4 Å². The van der Waals surface area contributed by atoms with Crippen molar-refractivity contribution in [2.24, 2.45) is 5.41 Å². The Bertz CT molecular complexity index is 551. The number of aliphatic carboxylic acids is 2. The van der Waals surface area contributed by atoms with Crippen LogP contribution in [0.1, 0.15) is 25.8 Å². The van der Waals surface area contributed by atoms with Crippen molar-refractivity contribution >= 4 is 23.5 Å². The summed E-state index contributed by atoms with van der Waals surface area (Å²) in [5.74, 6) is -2.36. The van der Waals surface area contributed by atoms with E-state index >= 15 is 0 Å². The fourth-order valence-corrected chi connectivity index (χ4v) is 2.89. The number of hydrogen-bond donors (Lipinski definition) is 2. The molecule has 0 spiro atoms. The van der Waals surface area contributed by atoms with E-state index < -0.39 is 29.1 Å². The third-order valence-electron chi connectivity index (χ3n) is 3.80. The number of benzene rings is 1. The van der Waals surface area contributed by atoms with Crippen LogP contribution in [0.25, 0.3) is 0 Å². The highest BCUT2D eigenvalue weighted by molar-refractivity contribution is 6.30. The minimum Gasteiger partial charge on any atom is -0.479 e. The van der Waals surface area contributed by atoms with Gasteiger partial charge in [-0.15, -0.1) is 0 Å². The monoisotopic (exact) mass is 298 g/mol. The predicted molar refractivity (Wildman–Crippen MR) is 71.7 cm³/mol. The van der Waals surface area contributed by atoms with Gasteiger partial charge in [-0.1, -0.05) is 37.6 Å². The van der Waals surface area contributed by atoms with Gasteiger partial charge in [0.15, 0.2) is 11.7 Å². The first-order valence-electron chi connectivity index (χ1n) is 6.11. The van der Waals surface area contributed by atoms with Crippen LogP contribution in [0.4, 0.5) is 0 Å². The van der Waals surface area contributed by atoms with Gasteiger partial charge in [-0.3, -0.25) is 0 Å². The van der Waals surface area contributed by atoms with Crippen LogP contribution in [0.5, 0.6) is 0 Å². The van der Waals surface area contributed by atoms with Crippen molar-refractivity contribution in [3.05, 3.63) is 34.9 Å². The molecular formula is C14H15ClO5. The van der Waals surface area contributed by atoms with Crippen LogP contribution in [0.15, 0.2) is 24.3 Å². The summed E-state index contributed by atoms with van der Waals surface area (Å²) in [6.07, 6.45) is -1.02. The minimum absolute atomic E-state index is 0.122. The molecule has 1 fully saturated rings. The van der Waals surface area contributed by atoms with Gasteiger partial charge >= 0.3 is 11.9 Å². The maximum Gasteiger partial charge on any atom is 0.341 e. The first-order chi connectivity index (χ1) is 9.20. The molecule has 0 saturated carbocycles. The van der Waals surface area contributed by atoms with E-state index in [4.69, 9.17) is 21.4 Å². The van der Waals surface area contributed by atoms with Gasteiger partial charge in [0.2, 0.25) is 0 Å². The lowest BCUT2D eigenvalue weighted by atomic mass is 9.70. The Labute approximate surface area is 121 Å². The molecule has 0 radical (unpaired) electrons. The summed E-state index contributed by atoms with van der Waals surface area (Å²) < 4.78 is 5.47. The van der Waals surface area contributed by atoms with Crippen molar-refractivity contribution < 1.29 is 24.5 Å². The quantitative estimate of drug-likeness (QED) is 0.896. The Morgan fingerprint density at radius 3 is 2.20 bits per heavy atom. The number of hydrogen-bond acceptors (Lipinski definition) is 3. The second-order valence-corrected chi connectivity index (χ2v) is 5.96. The second kappa shape index (κ2) is 4.75. The molecule has 6 heteroatoms. The summed E-state index contributed by atoms with van der Waals surface area (Å²) in [7, 11) is 0. The Kier molecular flexibility index (Phi) is 3.52. The molecule has 1 aromatic carbocycles. The standard InChI is InChI=1S/C14H15ClO5/c1-13(2)7-10(11(16)17)20-14(13,12(18)19)8-3-5-9(15)6-4-8/h3-6,10H,7H2,1-2H3,(H,16,17)(H,18,19). The molecule has 0 amide bonds. The number of ether oxygens (including phenoxy) is 1. The van der Waals surface area contributed by atoms with E-state index in [0.29, 0.717) is 10.6 Å². The third-order valence-corrected chi connectivity index (χ3v) is 4.05. The third kappa shape index (κ3) is 2.07. The molecule has 2 atom stereocenters. The van der Waals surface area contributed by atoms with E-state index in [9.17, 15) is 14.7 Å². The van der Waals surface area contributed by atoms with E-state index in [-0.39, 0.29) is 6.42 Å². The van der Waals surface area contributed by atoms with Gasteiger partial charge < -0.3 is 14.9 Å². The zero-order valence-corrected chi connectivity index (χ0v) is 11.8. The molecule has 1 heterocycles. The summed E-state index contributed by atoms with van der Waals surface area (Å²) in [5, 5.41) is 19.3. The lowest BCUT2D eigenvalue weighted by molar-refractivity contribution is -0.180. The number of rotatable bonds is 3. The molecule has 0 aromatic heterocycles. The van der Waals surface area contributed by atoms with Crippen LogP contribution in [-0.4, -0.2) is 28.3 Å². The topological polar surface area (TPSA) is 83.8 Å². The lowest BCUT2D eigenvalue weighted by Gasteiger charge is -2.36. The first-order valence-corrected chi connectivity index (χ1v) is 6.48. The Morgan fingerprint density at radius 2 is 1.80 bits per heavy atom. The van der Waals surface area contributed by atoms with E-state index in [1.54, 1.807) is 38.1 Å². The SMILES string of the molecule is CC1(C)CC(C(=O)O)OC1(C(=O)O)c1ccc(Cl)cc1. The summed E-state index contributed by atoms with van der Waals surface area (Å²) in [4.78, 5) is 23.0. The zero-order valence-electron chi connectivity index (χ0n) is 11.1. The molecule has 5 nitrogen and oxygen atoms in total. The van der Waals surface area contributed by atoms with E-state index in [2.05, 4.69) is 0 Å². The molecule has 2 rings (SSSR count). The lowest BCUT2D eigenvalue weighted by Crippen LogP contribution is -2.46. The van der Waals surface area contributed by atoms with Crippen molar-refractivity contribution in [2.75, 3.05) is 0 Å². The molecule has 108 valence electrons. The molecule has 1 aliphatic heterocycles. The molecule has 0 bridgehead atoms. The van der Waals surface area contributed by atoms with Gasteiger partial charge in [-0.05, 0) is 24.1 Å². The predicted octanol–water partition coefficient (Wildman–Crippen LogP) is 2.52. The summed E-state index contributed by atoms with van der Waals surface area (Å²) in [6, 6.07) is 6.25. The molecule has 1 aromatic rings. The fourth-order valence-electron chi connectivity index (χ4n) is 2.77. The Morgan fingerprint density at radius 1 is 1.25 bits per heavy atom. The van der Waals surface area contributed by atoms with Crippen LogP contribution in [-0.2, 0) is 19.9 Å². The van der Waals surface area contributed by atoms with Crippen molar-refractivity contribution in [2.45, 2.75) is 32.0 Å². The molecule has 2 unspecified atom stereocenters. The van der Waals surface area contributed by atoms with Crippen LogP contribution < -0.4 is 0 Å². The fraction of sp³-hybridized carbons (Fsp3) is 0.429. The van der Waals surface area contributed by atoms with Crippen molar-refractivity contribution in [3.63, 3.8) is 0 Å². The number of carboxylic acids is 2. The van der Waals surface area contributed by atoms with Crippen LogP contribution in [0, 0.1) is 5.41 Å². The molecular weight excluding hydrogens is 284 g/mol. The van der Waals surface area contributed by atoms with Crippen molar-refractivity contribution in [1.29, 1.82) is 0 Å². The van der Waals surface area contributed by atoms with Crippen LogP contribution in [0.3, 0.4) is 0 Å². The number of carboxylic acid groups (broad SMARTS) is 2.